The molecule has 2 N–H and O–H groups in total. The van der Waals surface area contributed by atoms with Gasteiger partial charge in [-0.2, -0.15) is 0 Å². The van der Waals surface area contributed by atoms with Crippen molar-refractivity contribution < 1.29 is 9.90 Å². The maximum absolute atomic E-state index is 12.3. The number of rotatable bonds is 6. The van der Waals surface area contributed by atoms with Crippen molar-refractivity contribution in [3.63, 3.8) is 0 Å². The van der Waals surface area contributed by atoms with Crippen LogP contribution in [0, 0.1) is 11.8 Å². The number of aliphatic hydroxyl groups is 1. The molecule has 1 fully saturated rings. The summed E-state index contributed by atoms with van der Waals surface area (Å²) >= 11 is 5.98. The number of carbonyl (C=O) groups excluding carboxylic acids is 1. The number of hydrogen-bond acceptors (Lipinski definition) is 2. The second kappa shape index (κ2) is 7.14. The third-order valence-corrected chi connectivity index (χ3v) is 4.34. The molecule has 5 heteroatoms. The Morgan fingerprint density at radius 1 is 1.50 bits per heavy atom. The summed E-state index contributed by atoms with van der Waals surface area (Å²) in [5, 5.41) is 12.9. The van der Waals surface area contributed by atoms with Gasteiger partial charge in [0.25, 0.3) is 5.91 Å². The van der Waals surface area contributed by atoms with Gasteiger partial charge in [0, 0.05) is 25.9 Å². The van der Waals surface area contributed by atoms with Crippen LogP contribution in [0.25, 0.3) is 0 Å². The van der Waals surface area contributed by atoms with Crippen molar-refractivity contribution in [1.82, 2.24) is 9.88 Å². The van der Waals surface area contributed by atoms with Crippen LogP contribution in [-0.2, 0) is 6.54 Å². The Labute approximate surface area is 125 Å². The molecule has 2 atom stereocenters. The molecule has 1 saturated carbocycles. The predicted octanol–water partition coefficient (Wildman–Crippen LogP) is 2.69. The zero-order chi connectivity index (χ0) is 14.5. The minimum Gasteiger partial charge on any atom is -0.396 e. The number of aromatic nitrogens is 1. The van der Waals surface area contributed by atoms with E-state index in [9.17, 15) is 9.90 Å². The van der Waals surface area contributed by atoms with Gasteiger partial charge in [0.05, 0.1) is 5.02 Å². The lowest BCUT2D eigenvalue weighted by Gasteiger charge is -2.18. The van der Waals surface area contributed by atoms with E-state index in [0.29, 0.717) is 29.1 Å². The number of carbonyl (C=O) groups is 1. The summed E-state index contributed by atoms with van der Waals surface area (Å²) in [6.07, 6.45) is 6.05. The van der Waals surface area contributed by atoms with E-state index < -0.39 is 0 Å². The molecule has 1 amide bonds. The molecule has 4 nitrogen and oxygen atoms in total. The summed E-state index contributed by atoms with van der Waals surface area (Å²) in [6, 6.07) is 1.71. The zero-order valence-electron chi connectivity index (χ0n) is 11.9. The van der Waals surface area contributed by atoms with Gasteiger partial charge in [-0.05, 0) is 37.2 Å². The molecule has 1 aliphatic carbocycles. The Hall–Kier alpha value is -1.00. The van der Waals surface area contributed by atoms with Gasteiger partial charge in [-0.15, -0.1) is 0 Å². The van der Waals surface area contributed by atoms with Crippen LogP contribution in [0.2, 0.25) is 5.02 Å². The summed E-state index contributed by atoms with van der Waals surface area (Å²) in [7, 11) is 0. The molecule has 0 bridgehead atoms. The second-order valence-electron chi connectivity index (χ2n) is 5.58. The number of nitrogens with one attached hydrogen (secondary N) is 1. The number of halogens is 1. The molecular weight excluding hydrogens is 276 g/mol. The van der Waals surface area contributed by atoms with Crippen molar-refractivity contribution in [1.29, 1.82) is 0 Å². The van der Waals surface area contributed by atoms with Crippen molar-refractivity contribution >= 4 is 17.5 Å². The summed E-state index contributed by atoms with van der Waals surface area (Å²) in [6.45, 7) is 3.72. The first-order valence-corrected chi connectivity index (χ1v) is 7.78. The van der Waals surface area contributed by atoms with Crippen molar-refractivity contribution in [3.8, 4) is 0 Å². The predicted molar refractivity (Wildman–Crippen MR) is 80.0 cm³/mol. The van der Waals surface area contributed by atoms with Crippen LogP contribution in [0.3, 0.4) is 0 Å². The lowest BCUT2D eigenvalue weighted by atomic mass is 9.97. The van der Waals surface area contributed by atoms with Crippen molar-refractivity contribution in [3.05, 3.63) is 23.0 Å². The summed E-state index contributed by atoms with van der Waals surface area (Å²) < 4.78 is 1.90. The lowest BCUT2D eigenvalue weighted by Crippen LogP contribution is -2.32. The van der Waals surface area contributed by atoms with Crippen molar-refractivity contribution in [2.24, 2.45) is 11.8 Å². The van der Waals surface area contributed by atoms with Gasteiger partial charge in [0.2, 0.25) is 0 Å². The van der Waals surface area contributed by atoms with Crippen LogP contribution in [0.1, 0.15) is 43.1 Å². The molecule has 0 aliphatic heterocycles. The third kappa shape index (κ3) is 3.55. The number of amides is 1. The van der Waals surface area contributed by atoms with Gasteiger partial charge >= 0.3 is 0 Å². The molecule has 1 heterocycles. The molecule has 20 heavy (non-hydrogen) atoms. The zero-order valence-corrected chi connectivity index (χ0v) is 12.7. The molecule has 0 radical (unpaired) electrons. The van der Waals surface area contributed by atoms with Gasteiger partial charge in [0.15, 0.2) is 0 Å². The summed E-state index contributed by atoms with van der Waals surface area (Å²) in [4.78, 5) is 12.3. The van der Waals surface area contributed by atoms with Crippen LogP contribution >= 0.6 is 11.6 Å². The Balaban J connectivity index is 1.94. The fourth-order valence-electron chi connectivity index (χ4n) is 3.03. The van der Waals surface area contributed by atoms with Gasteiger partial charge in [0.1, 0.15) is 5.69 Å². The first kappa shape index (κ1) is 15.4. The Kier molecular flexibility index (Phi) is 5.49. The first-order valence-electron chi connectivity index (χ1n) is 7.40. The monoisotopic (exact) mass is 298 g/mol. The molecule has 1 aromatic heterocycles. The molecule has 0 aromatic carbocycles. The van der Waals surface area contributed by atoms with E-state index in [1.807, 2.05) is 4.57 Å². The minimum absolute atomic E-state index is 0.0751. The smallest absolute Gasteiger partial charge is 0.267 e. The topological polar surface area (TPSA) is 54.3 Å². The normalized spacial score (nSPS) is 22.1. The van der Waals surface area contributed by atoms with E-state index in [0.717, 1.165) is 32.2 Å². The number of aliphatic hydroxyl groups excluding tert-OH is 1. The van der Waals surface area contributed by atoms with E-state index in [-0.39, 0.29) is 12.5 Å². The first-order chi connectivity index (χ1) is 9.65. The van der Waals surface area contributed by atoms with Crippen LogP contribution < -0.4 is 5.32 Å². The largest absolute Gasteiger partial charge is 0.396 e. The van der Waals surface area contributed by atoms with Crippen molar-refractivity contribution in [2.45, 2.75) is 39.2 Å². The lowest BCUT2D eigenvalue weighted by molar-refractivity contribution is 0.0928. The average molecular weight is 299 g/mol. The molecule has 1 aliphatic rings. The fourth-order valence-corrected chi connectivity index (χ4v) is 3.25. The minimum atomic E-state index is -0.0751. The highest BCUT2D eigenvalue weighted by Gasteiger charge is 2.27. The SMILES string of the molecule is CCCn1cc(Cl)cc1C(=O)NCC1CCCC1CO. The Bertz CT molecular complexity index is 459. The highest BCUT2D eigenvalue weighted by atomic mass is 35.5. The van der Waals surface area contributed by atoms with E-state index >= 15 is 0 Å². The fraction of sp³-hybridized carbons (Fsp3) is 0.667. The van der Waals surface area contributed by atoms with Gasteiger partial charge in [-0.25, -0.2) is 0 Å². The molecule has 2 rings (SSSR count). The standard InChI is InChI=1S/C15H23ClN2O2/c1-2-6-18-9-13(16)7-14(18)15(20)17-8-11-4-3-5-12(11)10-19/h7,9,11-12,19H,2-6,8,10H2,1H3,(H,17,20). The number of nitrogens with zero attached hydrogens (tertiary/aromatic N) is 1. The quantitative estimate of drug-likeness (QED) is 0.848. The van der Waals surface area contributed by atoms with Gasteiger partial charge < -0.3 is 15.0 Å². The van der Waals surface area contributed by atoms with Crippen molar-refractivity contribution in [2.75, 3.05) is 13.2 Å². The maximum Gasteiger partial charge on any atom is 0.267 e. The molecule has 0 saturated heterocycles. The van der Waals surface area contributed by atoms with Crippen LogP contribution in [-0.4, -0.2) is 28.7 Å². The molecule has 112 valence electrons. The molecule has 2 unspecified atom stereocenters. The van der Waals surface area contributed by atoms with E-state index in [1.54, 1.807) is 12.3 Å². The molecule has 0 spiro atoms. The van der Waals surface area contributed by atoms with Crippen LogP contribution in [0.15, 0.2) is 12.3 Å². The number of aryl methyl sites for hydroxylation is 1. The molecular formula is C15H23ClN2O2. The Morgan fingerprint density at radius 2 is 2.25 bits per heavy atom. The van der Waals surface area contributed by atoms with Crippen LogP contribution in [0.4, 0.5) is 0 Å². The van der Waals surface area contributed by atoms with E-state index in [2.05, 4.69) is 12.2 Å². The number of hydrogen-bond donors (Lipinski definition) is 2. The van der Waals surface area contributed by atoms with E-state index in [4.69, 9.17) is 11.6 Å². The van der Waals surface area contributed by atoms with Gasteiger partial charge in [-0.3, -0.25) is 4.79 Å². The highest BCUT2D eigenvalue weighted by Crippen LogP contribution is 2.30. The second-order valence-corrected chi connectivity index (χ2v) is 6.02. The third-order valence-electron chi connectivity index (χ3n) is 4.14. The maximum atomic E-state index is 12.3. The van der Waals surface area contributed by atoms with Gasteiger partial charge in [-0.1, -0.05) is 24.9 Å². The molecule has 1 aromatic rings. The Morgan fingerprint density at radius 3 is 2.95 bits per heavy atom. The van der Waals surface area contributed by atoms with E-state index in [1.165, 1.54) is 0 Å². The highest BCUT2D eigenvalue weighted by molar-refractivity contribution is 6.31. The summed E-state index contributed by atoms with van der Waals surface area (Å²) in [5.41, 5.74) is 0.621. The van der Waals surface area contributed by atoms with Crippen LogP contribution in [0.5, 0.6) is 0 Å². The summed E-state index contributed by atoms with van der Waals surface area (Å²) in [5.74, 6) is 0.657. The average Bonchev–Trinajstić information content (AvgIpc) is 3.02.